The molecule has 0 unspecified atom stereocenters. The number of nitriles is 1. The molecule has 0 heterocycles. The zero-order valence-corrected chi connectivity index (χ0v) is 8.27. The topological polar surface area (TPSA) is 23.8 Å². The highest BCUT2D eigenvalue weighted by molar-refractivity contribution is 5.01. The van der Waals surface area contributed by atoms with Crippen LogP contribution in [-0.4, -0.2) is 0 Å². The lowest BCUT2D eigenvalue weighted by Crippen LogP contribution is -1.82. The van der Waals surface area contributed by atoms with Gasteiger partial charge in [-0.25, -0.2) is 0 Å². The molecule has 0 spiro atoms. The van der Waals surface area contributed by atoms with Crippen molar-refractivity contribution in [2.24, 2.45) is 0 Å². The highest BCUT2D eigenvalue weighted by atomic mass is 14.2. The molecule has 0 atom stereocenters. The third-order valence-corrected chi connectivity index (χ3v) is 1.99. The maximum Gasteiger partial charge on any atom is 0.0625 e. The van der Waals surface area contributed by atoms with E-state index in [0.717, 1.165) is 12.8 Å². The van der Waals surface area contributed by atoms with Crippen LogP contribution in [0.5, 0.6) is 0 Å². The van der Waals surface area contributed by atoms with Crippen molar-refractivity contribution in [2.75, 3.05) is 0 Å². The van der Waals surface area contributed by atoms with Crippen molar-refractivity contribution in [2.45, 2.75) is 52.4 Å². The van der Waals surface area contributed by atoms with E-state index in [1.165, 1.54) is 24.8 Å². The van der Waals surface area contributed by atoms with Gasteiger partial charge in [-0.05, 0) is 25.7 Å². The Morgan fingerprint density at radius 2 is 2.17 bits per heavy atom. The third-order valence-electron chi connectivity index (χ3n) is 1.99. The molecule has 0 saturated carbocycles. The molecule has 0 aliphatic rings. The summed E-state index contributed by atoms with van der Waals surface area (Å²) in [5.74, 6) is 0. The van der Waals surface area contributed by atoms with Gasteiger partial charge in [-0.1, -0.05) is 31.9 Å². The van der Waals surface area contributed by atoms with Gasteiger partial charge in [-0.15, -0.1) is 0 Å². The van der Waals surface area contributed by atoms with Gasteiger partial charge in [0.2, 0.25) is 0 Å². The highest BCUT2D eigenvalue weighted by Crippen LogP contribution is 2.12. The summed E-state index contributed by atoms with van der Waals surface area (Å²) in [5, 5.41) is 8.35. The molecule has 1 nitrogen and oxygen atoms in total. The maximum absolute atomic E-state index is 8.35. The average Bonchev–Trinajstić information content (AvgIpc) is 2.11. The lowest BCUT2D eigenvalue weighted by molar-refractivity contribution is 0.760. The van der Waals surface area contributed by atoms with Crippen molar-refractivity contribution < 1.29 is 0 Å². The van der Waals surface area contributed by atoms with Gasteiger partial charge in [-0.3, -0.25) is 0 Å². The van der Waals surface area contributed by atoms with Crippen molar-refractivity contribution in [1.82, 2.24) is 0 Å². The summed E-state index contributed by atoms with van der Waals surface area (Å²) < 4.78 is 0. The predicted molar refractivity (Wildman–Crippen MR) is 52.7 cm³/mol. The van der Waals surface area contributed by atoms with Crippen LogP contribution in [0.4, 0.5) is 0 Å². The number of hydrogen-bond acceptors (Lipinski definition) is 1. The van der Waals surface area contributed by atoms with Crippen LogP contribution in [0.2, 0.25) is 0 Å². The minimum absolute atomic E-state index is 0.662. The first-order valence-corrected chi connectivity index (χ1v) is 4.90. The average molecular weight is 165 g/mol. The fourth-order valence-electron chi connectivity index (χ4n) is 1.17. The Kier molecular flexibility index (Phi) is 7.79. The molecule has 0 N–H and O–H groups in total. The molecule has 0 aromatic rings. The van der Waals surface area contributed by atoms with Gasteiger partial charge < -0.3 is 0 Å². The van der Waals surface area contributed by atoms with E-state index < -0.39 is 0 Å². The molecule has 1 heteroatoms. The molecule has 0 saturated heterocycles. The van der Waals surface area contributed by atoms with Crippen LogP contribution in [0.3, 0.4) is 0 Å². The number of allylic oxidation sites excluding steroid dienone is 2. The summed E-state index contributed by atoms with van der Waals surface area (Å²) in [5.41, 5.74) is 1.52. The van der Waals surface area contributed by atoms with Crippen molar-refractivity contribution in [3.63, 3.8) is 0 Å². The normalized spacial score (nSPS) is 11.2. The molecule has 0 aromatic heterocycles. The van der Waals surface area contributed by atoms with Crippen LogP contribution in [0.25, 0.3) is 0 Å². The Hall–Kier alpha value is -0.770. The van der Waals surface area contributed by atoms with E-state index in [1.807, 2.05) is 0 Å². The smallest absolute Gasteiger partial charge is 0.0625 e. The number of rotatable bonds is 6. The van der Waals surface area contributed by atoms with E-state index >= 15 is 0 Å². The molecule has 68 valence electrons. The second-order valence-corrected chi connectivity index (χ2v) is 3.02. The summed E-state index contributed by atoms with van der Waals surface area (Å²) in [7, 11) is 0. The Balaban J connectivity index is 3.64. The first-order valence-electron chi connectivity index (χ1n) is 4.90. The van der Waals surface area contributed by atoms with Gasteiger partial charge >= 0.3 is 0 Å². The molecule has 0 rings (SSSR count). The van der Waals surface area contributed by atoms with E-state index in [2.05, 4.69) is 26.0 Å². The molecule has 0 bridgehead atoms. The molecule has 0 aromatic carbocycles. The zero-order valence-electron chi connectivity index (χ0n) is 8.27. The van der Waals surface area contributed by atoms with Crippen LogP contribution in [-0.2, 0) is 0 Å². The highest BCUT2D eigenvalue weighted by Gasteiger charge is 1.92. The minimum atomic E-state index is 0.662. The van der Waals surface area contributed by atoms with E-state index in [0.29, 0.717) is 6.42 Å². The van der Waals surface area contributed by atoms with Gasteiger partial charge in [0.05, 0.1) is 6.07 Å². The van der Waals surface area contributed by atoms with Crippen LogP contribution in [0, 0.1) is 11.3 Å². The van der Waals surface area contributed by atoms with Gasteiger partial charge in [0.25, 0.3) is 0 Å². The molecule has 0 aliphatic heterocycles. The van der Waals surface area contributed by atoms with Gasteiger partial charge in [-0.2, -0.15) is 5.26 Å². The van der Waals surface area contributed by atoms with E-state index in [9.17, 15) is 0 Å². The van der Waals surface area contributed by atoms with Crippen molar-refractivity contribution in [3.8, 4) is 6.07 Å². The van der Waals surface area contributed by atoms with Crippen LogP contribution >= 0.6 is 0 Å². The molecule has 0 fully saturated rings. The maximum atomic E-state index is 8.35. The van der Waals surface area contributed by atoms with Crippen LogP contribution in [0.15, 0.2) is 11.6 Å². The third kappa shape index (κ3) is 5.97. The number of nitrogens with zero attached hydrogens (tertiary/aromatic N) is 1. The van der Waals surface area contributed by atoms with Gasteiger partial charge in [0.1, 0.15) is 0 Å². The summed E-state index contributed by atoms with van der Waals surface area (Å²) in [4.78, 5) is 0. The minimum Gasteiger partial charge on any atom is -0.198 e. The fraction of sp³-hybridized carbons (Fsp3) is 0.727. The molecule has 0 aliphatic carbocycles. The van der Waals surface area contributed by atoms with Crippen molar-refractivity contribution in [1.29, 1.82) is 5.26 Å². The van der Waals surface area contributed by atoms with E-state index in [4.69, 9.17) is 5.26 Å². The number of hydrogen-bond donors (Lipinski definition) is 0. The molecular formula is C11H19N. The Bertz CT molecular complexity index is 162. The van der Waals surface area contributed by atoms with E-state index in [1.54, 1.807) is 0 Å². The molecular weight excluding hydrogens is 146 g/mol. The summed E-state index contributed by atoms with van der Waals surface area (Å²) in [6.07, 6.45) is 8.74. The monoisotopic (exact) mass is 165 g/mol. The largest absolute Gasteiger partial charge is 0.198 e. The molecule has 0 radical (unpaired) electrons. The number of unbranched alkanes of at least 4 members (excludes halogenated alkanes) is 2. The van der Waals surface area contributed by atoms with Crippen LogP contribution < -0.4 is 0 Å². The van der Waals surface area contributed by atoms with Crippen molar-refractivity contribution in [3.05, 3.63) is 11.6 Å². The van der Waals surface area contributed by atoms with Crippen molar-refractivity contribution >= 4 is 0 Å². The standard InChI is InChI=1S/C11H19N/c1-3-5-8-11(4-2)9-6-7-10-12/h9H,3-8H2,1-2H3. The fourth-order valence-corrected chi connectivity index (χ4v) is 1.17. The second-order valence-electron chi connectivity index (χ2n) is 3.02. The predicted octanol–water partition coefficient (Wildman–Crippen LogP) is 3.82. The molecule has 12 heavy (non-hydrogen) atoms. The quantitative estimate of drug-likeness (QED) is 0.433. The zero-order chi connectivity index (χ0) is 9.23. The first-order chi connectivity index (χ1) is 5.85. The van der Waals surface area contributed by atoms with Gasteiger partial charge in [0, 0.05) is 6.42 Å². The lowest BCUT2D eigenvalue weighted by atomic mass is 10.0. The SMILES string of the molecule is CCCCC(=CCCC#N)CC. The van der Waals surface area contributed by atoms with Crippen LogP contribution in [0.1, 0.15) is 52.4 Å². The van der Waals surface area contributed by atoms with E-state index in [-0.39, 0.29) is 0 Å². The summed E-state index contributed by atoms with van der Waals surface area (Å²) in [6, 6.07) is 2.16. The summed E-state index contributed by atoms with van der Waals surface area (Å²) >= 11 is 0. The summed E-state index contributed by atoms with van der Waals surface area (Å²) in [6.45, 7) is 4.40. The Morgan fingerprint density at radius 1 is 1.42 bits per heavy atom. The Labute approximate surface area is 76.1 Å². The lowest BCUT2D eigenvalue weighted by Gasteiger charge is -2.01. The Morgan fingerprint density at radius 3 is 2.67 bits per heavy atom. The first kappa shape index (κ1) is 11.2. The molecule has 0 amide bonds. The van der Waals surface area contributed by atoms with Gasteiger partial charge in [0.15, 0.2) is 0 Å². The second kappa shape index (κ2) is 8.33.